The van der Waals surface area contributed by atoms with Crippen molar-refractivity contribution >= 4 is 17.7 Å². The molecule has 4 heteroatoms. The molecule has 0 radical (unpaired) electrons. The highest BCUT2D eigenvalue weighted by atomic mass is 32.2. The first-order valence-electron chi connectivity index (χ1n) is 7.49. The fraction of sp³-hybridized carbons (Fsp3) is 0.562. The topological polar surface area (TPSA) is 23.6 Å². The van der Waals surface area contributed by atoms with E-state index in [2.05, 4.69) is 35.2 Å². The van der Waals surface area contributed by atoms with Crippen LogP contribution in [0.2, 0.25) is 0 Å². The Hall–Kier alpha value is -1.00. The van der Waals surface area contributed by atoms with E-state index in [-0.39, 0.29) is 0 Å². The van der Waals surface area contributed by atoms with E-state index < -0.39 is 0 Å². The molecule has 0 aliphatic carbocycles. The smallest absolute Gasteiger partial charge is 0.236 e. The molecule has 108 valence electrons. The van der Waals surface area contributed by atoms with Crippen LogP contribution in [0.1, 0.15) is 24.4 Å². The quantitative estimate of drug-likeness (QED) is 0.854. The predicted octanol–water partition coefficient (Wildman–Crippen LogP) is 2.40. The van der Waals surface area contributed by atoms with E-state index in [4.69, 9.17) is 0 Å². The second-order valence-corrected chi connectivity index (χ2v) is 6.71. The lowest BCUT2D eigenvalue weighted by Gasteiger charge is -2.36. The first-order valence-corrected chi connectivity index (χ1v) is 8.64. The number of hydrogen-bond donors (Lipinski definition) is 0. The van der Waals surface area contributed by atoms with Crippen LogP contribution in [-0.4, -0.2) is 53.4 Å². The molecule has 20 heavy (non-hydrogen) atoms. The number of carbonyl (C=O) groups excluding carboxylic acids is 1. The average Bonchev–Trinajstić information content (AvgIpc) is 3.03. The summed E-state index contributed by atoms with van der Waals surface area (Å²) in [5.41, 5.74) is 1.34. The fourth-order valence-electron chi connectivity index (χ4n) is 3.05. The minimum atomic E-state index is 0.315. The van der Waals surface area contributed by atoms with Crippen molar-refractivity contribution in [3.63, 3.8) is 0 Å². The maximum atomic E-state index is 12.4. The molecule has 0 N–H and O–H groups in total. The Balaban J connectivity index is 1.67. The standard InChI is InChI=1S/C16H22N2OS/c19-16(17-8-4-5-9-17)12-18-10-11-20-13-15(18)14-6-2-1-3-7-14/h1-3,6-7,15H,4-5,8-13H2. The van der Waals surface area contributed by atoms with Gasteiger partial charge in [-0.05, 0) is 18.4 Å². The van der Waals surface area contributed by atoms with Gasteiger partial charge in [-0.15, -0.1) is 0 Å². The summed E-state index contributed by atoms with van der Waals surface area (Å²) in [5.74, 6) is 2.55. The fourth-order valence-corrected chi connectivity index (χ4v) is 4.21. The van der Waals surface area contributed by atoms with Crippen LogP contribution < -0.4 is 0 Å². The van der Waals surface area contributed by atoms with Gasteiger partial charge in [0.25, 0.3) is 0 Å². The van der Waals surface area contributed by atoms with E-state index in [1.807, 2.05) is 16.7 Å². The third-order valence-electron chi connectivity index (χ3n) is 4.22. The minimum absolute atomic E-state index is 0.315. The van der Waals surface area contributed by atoms with Gasteiger partial charge in [-0.2, -0.15) is 11.8 Å². The zero-order valence-corrected chi connectivity index (χ0v) is 12.6. The van der Waals surface area contributed by atoms with Gasteiger partial charge in [0, 0.05) is 37.2 Å². The number of thioether (sulfide) groups is 1. The molecule has 2 aliphatic rings. The van der Waals surface area contributed by atoms with Crippen molar-refractivity contribution in [2.75, 3.05) is 37.7 Å². The molecule has 0 aromatic heterocycles. The lowest BCUT2D eigenvalue weighted by molar-refractivity contribution is -0.131. The van der Waals surface area contributed by atoms with Gasteiger partial charge >= 0.3 is 0 Å². The summed E-state index contributed by atoms with van der Waals surface area (Å²) in [7, 11) is 0. The molecule has 2 saturated heterocycles. The third kappa shape index (κ3) is 3.18. The molecule has 1 amide bonds. The molecule has 2 fully saturated rings. The van der Waals surface area contributed by atoms with Crippen LogP contribution in [0.4, 0.5) is 0 Å². The summed E-state index contributed by atoms with van der Waals surface area (Å²) in [6.07, 6.45) is 2.34. The van der Waals surface area contributed by atoms with Gasteiger partial charge in [-0.3, -0.25) is 9.69 Å². The van der Waals surface area contributed by atoms with E-state index in [0.29, 0.717) is 18.5 Å². The van der Waals surface area contributed by atoms with Crippen molar-refractivity contribution in [3.8, 4) is 0 Å². The van der Waals surface area contributed by atoms with Crippen LogP contribution in [0.15, 0.2) is 30.3 Å². The summed E-state index contributed by atoms with van der Waals surface area (Å²) in [6, 6.07) is 11.0. The van der Waals surface area contributed by atoms with E-state index >= 15 is 0 Å². The van der Waals surface area contributed by atoms with Crippen LogP contribution in [0.3, 0.4) is 0 Å². The molecule has 0 bridgehead atoms. The maximum absolute atomic E-state index is 12.4. The Morgan fingerprint density at radius 3 is 2.65 bits per heavy atom. The average molecular weight is 290 g/mol. The van der Waals surface area contributed by atoms with Crippen LogP contribution in [-0.2, 0) is 4.79 Å². The Kier molecular flexibility index (Phi) is 4.63. The van der Waals surface area contributed by atoms with Crippen LogP contribution in [0, 0.1) is 0 Å². The highest BCUT2D eigenvalue weighted by Crippen LogP contribution is 2.29. The van der Waals surface area contributed by atoms with Crippen molar-refractivity contribution in [2.45, 2.75) is 18.9 Å². The number of hydrogen-bond acceptors (Lipinski definition) is 3. The van der Waals surface area contributed by atoms with Crippen molar-refractivity contribution in [1.82, 2.24) is 9.80 Å². The molecule has 1 unspecified atom stereocenters. The van der Waals surface area contributed by atoms with Crippen molar-refractivity contribution in [1.29, 1.82) is 0 Å². The number of nitrogens with zero attached hydrogens (tertiary/aromatic N) is 2. The van der Waals surface area contributed by atoms with E-state index in [0.717, 1.165) is 31.1 Å². The van der Waals surface area contributed by atoms with Crippen LogP contribution in [0.25, 0.3) is 0 Å². The van der Waals surface area contributed by atoms with Crippen LogP contribution >= 0.6 is 11.8 Å². The molecule has 2 aliphatic heterocycles. The Bertz CT molecular complexity index is 445. The Morgan fingerprint density at radius 2 is 1.90 bits per heavy atom. The maximum Gasteiger partial charge on any atom is 0.236 e. The summed E-state index contributed by atoms with van der Waals surface area (Å²) >= 11 is 1.99. The largest absolute Gasteiger partial charge is 0.342 e. The molecular weight excluding hydrogens is 268 g/mol. The summed E-state index contributed by atoms with van der Waals surface area (Å²) in [4.78, 5) is 16.8. The molecule has 0 saturated carbocycles. The number of rotatable bonds is 3. The van der Waals surface area contributed by atoms with Crippen molar-refractivity contribution < 1.29 is 4.79 Å². The van der Waals surface area contributed by atoms with Crippen LogP contribution in [0.5, 0.6) is 0 Å². The first kappa shape index (κ1) is 14.0. The third-order valence-corrected chi connectivity index (χ3v) is 5.24. The highest BCUT2D eigenvalue weighted by molar-refractivity contribution is 7.99. The second-order valence-electron chi connectivity index (χ2n) is 5.56. The SMILES string of the molecule is O=C(CN1CCSCC1c1ccccc1)N1CCCC1. The van der Waals surface area contributed by atoms with Crippen molar-refractivity contribution in [2.24, 2.45) is 0 Å². The van der Waals surface area contributed by atoms with Gasteiger partial charge in [-0.1, -0.05) is 30.3 Å². The molecule has 3 nitrogen and oxygen atoms in total. The predicted molar refractivity (Wildman–Crippen MR) is 83.9 cm³/mol. The van der Waals surface area contributed by atoms with Gasteiger partial charge in [0.2, 0.25) is 5.91 Å². The number of benzene rings is 1. The second kappa shape index (κ2) is 6.64. The zero-order chi connectivity index (χ0) is 13.8. The van der Waals surface area contributed by atoms with Gasteiger partial charge < -0.3 is 4.90 Å². The molecular formula is C16H22N2OS. The number of carbonyl (C=O) groups is 1. The highest BCUT2D eigenvalue weighted by Gasteiger charge is 2.28. The lowest BCUT2D eigenvalue weighted by Crippen LogP contribution is -2.44. The monoisotopic (exact) mass is 290 g/mol. The molecule has 1 aromatic rings. The lowest BCUT2D eigenvalue weighted by atomic mass is 10.1. The zero-order valence-electron chi connectivity index (χ0n) is 11.8. The molecule has 1 aromatic carbocycles. The van der Waals surface area contributed by atoms with Gasteiger partial charge in [0.05, 0.1) is 6.54 Å². The van der Waals surface area contributed by atoms with Gasteiger partial charge in [-0.25, -0.2) is 0 Å². The number of likely N-dealkylation sites (tertiary alicyclic amines) is 1. The first-order chi connectivity index (χ1) is 9.84. The van der Waals surface area contributed by atoms with E-state index in [1.165, 1.54) is 18.4 Å². The van der Waals surface area contributed by atoms with E-state index in [1.54, 1.807) is 0 Å². The Labute approximate surface area is 125 Å². The molecule has 3 rings (SSSR count). The summed E-state index contributed by atoms with van der Waals surface area (Å²) in [6.45, 7) is 3.51. The summed E-state index contributed by atoms with van der Waals surface area (Å²) in [5, 5.41) is 0. The Morgan fingerprint density at radius 1 is 1.15 bits per heavy atom. The van der Waals surface area contributed by atoms with Gasteiger partial charge in [0.15, 0.2) is 0 Å². The summed E-state index contributed by atoms with van der Waals surface area (Å²) < 4.78 is 0. The molecule has 0 spiro atoms. The molecule has 1 atom stereocenters. The van der Waals surface area contributed by atoms with E-state index in [9.17, 15) is 4.79 Å². The van der Waals surface area contributed by atoms with Crippen molar-refractivity contribution in [3.05, 3.63) is 35.9 Å². The van der Waals surface area contributed by atoms with Gasteiger partial charge in [0.1, 0.15) is 0 Å². The minimum Gasteiger partial charge on any atom is -0.342 e. The number of amides is 1. The molecule has 2 heterocycles. The normalized spacial score (nSPS) is 24.0.